The lowest BCUT2D eigenvalue weighted by Crippen LogP contribution is -2.42. The molecule has 1 aliphatic carbocycles. The van der Waals surface area contributed by atoms with Crippen molar-refractivity contribution in [2.24, 2.45) is 5.92 Å². The van der Waals surface area contributed by atoms with Crippen LogP contribution in [0.2, 0.25) is 0 Å². The van der Waals surface area contributed by atoms with Crippen LogP contribution >= 0.6 is 15.9 Å². The van der Waals surface area contributed by atoms with Gasteiger partial charge in [0.15, 0.2) is 0 Å². The van der Waals surface area contributed by atoms with E-state index in [9.17, 15) is 14.0 Å². The summed E-state index contributed by atoms with van der Waals surface area (Å²) in [6, 6.07) is 12.3. The van der Waals surface area contributed by atoms with Crippen molar-refractivity contribution in [3.05, 3.63) is 86.9 Å². The van der Waals surface area contributed by atoms with E-state index in [2.05, 4.69) is 21.2 Å². The Labute approximate surface area is 207 Å². The van der Waals surface area contributed by atoms with Gasteiger partial charge in [-0.05, 0) is 53.0 Å². The summed E-state index contributed by atoms with van der Waals surface area (Å²) < 4.78 is 25.3. The number of hydrogen-bond donors (Lipinski definition) is 1. The summed E-state index contributed by atoms with van der Waals surface area (Å²) in [5.74, 6) is -1.49. The molecule has 1 aliphatic heterocycles. The number of carbonyl (C=O) groups is 2. The summed E-state index contributed by atoms with van der Waals surface area (Å²) in [5.41, 5.74) is 3.38. The van der Waals surface area contributed by atoms with Gasteiger partial charge in [0.1, 0.15) is 17.3 Å². The fourth-order valence-electron chi connectivity index (χ4n) is 4.86. The van der Waals surface area contributed by atoms with Crippen molar-refractivity contribution in [2.75, 3.05) is 13.7 Å². The van der Waals surface area contributed by atoms with Crippen molar-refractivity contribution >= 4 is 27.7 Å². The summed E-state index contributed by atoms with van der Waals surface area (Å²) in [5, 5.41) is 3.31. The number of allylic oxidation sites excluding steroid dienone is 3. The second kappa shape index (κ2) is 10.1. The van der Waals surface area contributed by atoms with E-state index in [0.29, 0.717) is 23.3 Å². The number of Topliss-reactive ketones (excluding diaryl/α,β-unsaturated/α-hetero) is 1. The maximum absolute atomic E-state index is 14.0. The monoisotopic (exact) mass is 527 g/mol. The zero-order valence-corrected chi connectivity index (χ0v) is 20.9. The topological polar surface area (TPSA) is 64.6 Å². The summed E-state index contributed by atoms with van der Waals surface area (Å²) in [6.45, 7) is 4.01. The van der Waals surface area contributed by atoms with Gasteiger partial charge in [0.25, 0.3) is 0 Å². The van der Waals surface area contributed by atoms with Crippen molar-refractivity contribution in [1.29, 1.82) is 0 Å². The number of hydrogen-bond acceptors (Lipinski definition) is 5. The number of nitrogens with one attached hydrogen (secondary N) is 1. The molecule has 7 heteroatoms. The van der Waals surface area contributed by atoms with E-state index in [1.54, 1.807) is 19.2 Å². The van der Waals surface area contributed by atoms with Crippen LogP contribution in [-0.2, 0) is 14.3 Å². The number of ether oxygens (including phenoxy) is 2. The maximum atomic E-state index is 14.0. The molecule has 0 saturated heterocycles. The molecular weight excluding hydrogens is 501 g/mol. The van der Waals surface area contributed by atoms with Gasteiger partial charge in [0.2, 0.25) is 0 Å². The van der Waals surface area contributed by atoms with Gasteiger partial charge in [-0.25, -0.2) is 9.18 Å². The smallest absolute Gasteiger partial charge is 0.336 e. The Balaban J connectivity index is 1.83. The third kappa shape index (κ3) is 4.53. The number of carbonyl (C=O) groups excluding carboxylic acids is 2. The lowest BCUT2D eigenvalue weighted by atomic mass is 9.68. The predicted octanol–water partition coefficient (Wildman–Crippen LogP) is 5.77. The Morgan fingerprint density at radius 3 is 2.68 bits per heavy atom. The summed E-state index contributed by atoms with van der Waals surface area (Å²) >= 11 is 3.25. The lowest BCUT2D eigenvalue weighted by Gasteiger charge is -2.39. The maximum Gasteiger partial charge on any atom is 0.336 e. The Morgan fingerprint density at radius 2 is 1.97 bits per heavy atom. The van der Waals surface area contributed by atoms with Crippen LogP contribution in [0.5, 0.6) is 5.75 Å². The molecule has 1 heterocycles. The molecule has 178 valence electrons. The number of fused-ring (bicyclic) bond motifs is 1. The second-order valence-electron chi connectivity index (χ2n) is 8.57. The van der Waals surface area contributed by atoms with Crippen LogP contribution in [-0.4, -0.2) is 25.5 Å². The highest BCUT2D eigenvalue weighted by atomic mass is 79.9. The molecule has 34 heavy (non-hydrogen) atoms. The molecule has 4 rings (SSSR count). The van der Waals surface area contributed by atoms with Crippen LogP contribution in [0.1, 0.15) is 49.7 Å². The van der Waals surface area contributed by atoms with Gasteiger partial charge in [0, 0.05) is 35.2 Å². The first kappa shape index (κ1) is 24.2. The minimum Gasteiger partial charge on any atom is -0.496 e. The van der Waals surface area contributed by atoms with E-state index in [-0.39, 0.29) is 29.2 Å². The minimum absolute atomic E-state index is 0.000329. The molecule has 0 bridgehead atoms. The quantitative estimate of drug-likeness (QED) is 0.483. The van der Waals surface area contributed by atoms with Crippen LogP contribution in [0.15, 0.2) is 70.0 Å². The average molecular weight is 528 g/mol. The van der Waals surface area contributed by atoms with Gasteiger partial charge >= 0.3 is 5.97 Å². The Kier molecular flexibility index (Phi) is 7.22. The first-order valence-electron chi connectivity index (χ1n) is 11.3. The standard InChI is InChI=1S/C27H27BrFNO4/c1-4-11-34-27(32)24-15(2)30-21-13-17(18-7-5-6-8-23(18)33-3)14-22(31)26(21)25(24)16-9-10-20(29)19(28)12-16/h5-10,12-13,17,25-26,30H,4,11,14H2,1-3H3. The highest BCUT2D eigenvalue weighted by Crippen LogP contribution is 2.47. The number of para-hydroxylation sites is 1. The fourth-order valence-corrected chi connectivity index (χ4v) is 5.25. The Morgan fingerprint density at radius 1 is 1.21 bits per heavy atom. The molecule has 5 nitrogen and oxygen atoms in total. The van der Waals surface area contributed by atoms with Crippen molar-refractivity contribution in [3.8, 4) is 5.75 Å². The normalized spacial score (nSPS) is 22.0. The van der Waals surface area contributed by atoms with E-state index in [1.807, 2.05) is 44.2 Å². The van der Waals surface area contributed by atoms with Gasteiger partial charge in [-0.2, -0.15) is 0 Å². The average Bonchev–Trinajstić information content (AvgIpc) is 2.83. The predicted molar refractivity (Wildman–Crippen MR) is 131 cm³/mol. The van der Waals surface area contributed by atoms with Crippen molar-refractivity contribution in [1.82, 2.24) is 5.32 Å². The van der Waals surface area contributed by atoms with Gasteiger partial charge in [-0.15, -0.1) is 0 Å². The van der Waals surface area contributed by atoms with Crippen LogP contribution in [0.3, 0.4) is 0 Å². The molecule has 1 N–H and O–H groups in total. The molecule has 0 aromatic heterocycles. The SMILES string of the molecule is CCCOC(=O)C1=C(C)NC2=CC(c3ccccc3OC)CC(=O)C2C1c1ccc(F)c(Br)c1. The second-order valence-corrected chi connectivity index (χ2v) is 9.42. The van der Waals surface area contributed by atoms with Gasteiger partial charge in [-0.3, -0.25) is 4.79 Å². The van der Waals surface area contributed by atoms with Crippen LogP contribution in [0, 0.1) is 11.7 Å². The molecule has 2 aliphatic rings. The number of benzene rings is 2. The van der Waals surface area contributed by atoms with Gasteiger partial charge < -0.3 is 14.8 Å². The van der Waals surface area contributed by atoms with Crippen molar-refractivity contribution in [3.63, 3.8) is 0 Å². The number of esters is 1. The molecule has 2 aromatic rings. The molecule has 3 atom stereocenters. The molecule has 0 fully saturated rings. The van der Waals surface area contributed by atoms with E-state index in [0.717, 1.165) is 17.0 Å². The van der Waals surface area contributed by atoms with Crippen molar-refractivity contribution < 1.29 is 23.5 Å². The van der Waals surface area contributed by atoms with Crippen LogP contribution in [0.4, 0.5) is 4.39 Å². The van der Waals surface area contributed by atoms with E-state index >= 15 is 0 Å². The number of halogens is 2. The highest BCUT2D eigenvalue weighted by molar-refractivity contribution is 9.10. The zero-order chi connectivity index (χ0) is 24.4. The first-order valence-corrected chi connectivity index (χ1v) is 12.1. The van der Waals surface area contributed by atoms with E-state index in [4.69, 9.17) is 9.47 Å². The molecule has 0 amide bonds. The number of rotatable bonds is 6. The molecule has 0 spiro atoms. The van der Waals surface area contributed by atoms with E-state index in [1.165, 1.54) is 6.07 Å². The lowest BCUT2D eigenvalue weighted by molar-refractivity contribution is -0.139. The highest BCUT2D eigenvalue weighted by Gasteiger charge is 2.45. The fraction of sp³-hybridized carbons (Fsp3) is 0.333. The third-order valence-corrected chi connectivity index (χ3v) is 6.97. The Bertz CT molecular complexity index is 1190. The summed E-state index contributed by atoms with van der Waals surface area (Å²) in [7, 11) is 1.61. The zero-order valence-electron chi connectivity index (χ0n) is 19.4. The van der Waals surface area contributed by atoms with Gasteiger partial charge in [-0.1, -0.05) is 37.3 Å². The van der Waals surface area contributed by atoms with Crippen molar-refractivity contribution in [2.45, 2.75) is 38.5 Å². The molecule has 2 aromatic carbocycles. The van der Waals surface area contributed by atoms with Gasteiger partial charge in [0.05, 0.1) is 29.7 Å². The molecule has 3 unspecified atom stereocenters. The van der Waals surface area contributed by atoms with Crippen LogP contribution < -0.4 is 10.1 Å². The third-order valence-electron chi connectivity index (χ3n) is 6.36. The number of ketones is 1. The Hall–Kier alpha value is -2.93. The van der Waals surface area contributed by atoms with Crippen LogP contribution in [0.25, 0.3) is 0 Å². The molecule has 0 saturated carbocycles. The minimum atomic E-state index is -0.601. The van der Waals surface area contributed by atoms with E-state index < -0.39 is 23.6 Å². The summed E-state index contributed by atoms with van der Waals surface area (Å²) in [6.07, 6.45) is 3.00. The largest absolute Gasteiger partial charge is 0.496 e. The first-order chi connectivity index (χ1) is 16.3. The molecule has 0 radical (unpaired) electrons. The summed E-state index contributed by atoms with van der Waals surface area (Å²) in [4.78, 5) is 26.8. The number of methoxy groups -OCH3 is 1. The molecular formula is C27H27BrFNO4.